The van der Waals surface area contributed by atoms with Crippen molar-refractivity contribution in [3.05, 3.63) is 0 Å². The van der Waals surface area contributed by atoms with Gasteiger partial charge in [0.1, 0.15) is 0 Å². The smallest absolute Gasteiger partial charge is 0.241 e. The summed E-state index contributed by atoms with van der Waals surface area (Å²) in [7, 11) is 0. The Morgan fingerprint density at radius 3 is 2.30 bits per heavy atom. The van der Waals surface area contributed by atoms with Crippen molar-refractivity contribution in [2.24, 2.45) is 11.8 Å². The molecule has 0 bridgehead atoms. The highest BCUT2D eigenvalue weighted by Gasteiger charge is 2.47. The van der Waals surface area contributed by atoms with Gasteiger partial charge in [0.05, 0.1) is 12.2 Å². The Kier molecular flexibility index (Phi) is 3.80. The maximum atomic E-state index is 12.8. The fourth-order valence-corrected chi connectivity index (χ4v) is 3.80. The molecule has 0 spiro atoms. The van der Waals surface area contributed by atoms with Crippen molar-refractivity contribution in [2.75, 3.05) is 13.1 Å². The van der Waals surface area contributed by atoms with Gasteiger partial charge < -0.3 is 4.90 Å². The molecule has 4 heteroatoms. The molecule has 0 aromatic heterocycles. The highest BCUT2D eigenvalue weighted by Crippen LogP contribution is 2.33. The van der Waals surface area contributed by atoms with Crippen LogP contribution >= 0.6 is 0 Å². The van der Waals surface area contributed by atoms with Crippen LogP contribution < -0.4 is 5.32 Å². The van der Waals surface area contributed by atoms with Gasteiger partial charge in [-0.1, -0.05) is 27.7 Å². The van der Waals surface area contributed by atoms with E-state index < -0.39 is 0 Å². The van der Waals surface area contributed by atoms with E-state index in [1.54, 1.807) is 0 Å². The molecule has 1 aliphatic carbocycles. The number of hydrogen-bond acceptors (Lipinski definition) is 3. The normalized spacial score (nSPS) is 35.8. The van der Waals surface area contributed by atoms with E-state index in [0.717, 1.165) is 19.0 Å². The van der Waals surface area contributed by atoms with Gasteiger partial charge in [0, 0.05) is 25.2 Å². The molecule has 114 valence electrons. The highest BCUT2D eigenvalue weighted by molar-refractivity contribution is 5.85. The molecular formula is C16H29N3O. The first-order valence-electron chi connectivity index (χ1n) is 8.31. The molecule has 3 fully saturated rings. The number of amides is 1. The minimum atomic E-state index is 0.0115. The summed E-state index contributed by atoms with van der Waals surface area (Å²) in [4.78, 5) is 17.6. The average Bonchev–Trinajstić information content (AvgIpc) is 3.00. The van der Waals surface area contributed by atoms with E-state index in [9.17, 15) is 4.79 Å². The van der Waals surface area contributed by atoms with Gasteiger partial charge in [-0.25, -0.2) is 0 Å². The quantitative estimate of drug-likeness (QED) is 0.850. The molecule has 2 heterocycles. The zero-order valence-electron chi connectivity index (χ0n) is 13.3. The fourth-order valence-electron chi connectivity index (χ4n) is 3.80. The van der Waals surface area contributed by atoms with Gasteiger partial charge in [0.15, 0.2) is 0 Å². The molecule has 0 radical (unpaired) electrons. The third-order valence-corrected chi connectivity index (χ3v) is 5.12. The van der Waals surface area contributed by atoms with Crippen LogP contribution in [-0.2, 0) is 4.79 Å². The van der Waals surface area contributed by atoms with E-state index >= 15 is 0 Å². The molecule has 4 nitrogen and oxygen atoms in total. The molecule has 0 aromatic carbocycles. The summed E-state index contributed by atoms with van der Waals surface area (Å²) in [6, 6.07) is 1.26. The predicted octanol–water partition coefficient (Wildman–Crippen LogP) is 1.66. The Balaban J connectivity index is 1.73. The number of carbonyl (C=O) groups excluding carboxylic acids is 1. The van der Waals surface area contributed by atoms with Crippen molar-refractivity contribution in [3.63, 3.8) is 0 Å². The summed E-state index contributed by atoms with van der Waals surface area (Å²) in [6.45, 7) is 11.0. The lowest BCUT2D eigenvalue weighted by Crippen LogP contribution is -2.48. The molecule has 3 atom stereocenters. The maximum absolute atomic E-state index is 12.8. The predicted molar refractivity (Wildman–Crippen MR) is 80.2 cm³/mol. The minimum Gasteiger partial charge on any atom is -0.321 e. The Labute approximate surface area is 122 Å². The van der Waals surface area contributed by atoms with Crippen molar-refractivity contribution >= 4 is 5.91 Å². The van der Waals surface area contributed by atoms with Gasteiger partial charge in [0.2, 0.25) is 5.91 Å². The van der Waals surface area contributed by atoms with Crippen LogP contribution in [0.25, 0.3) is 0 Å². The third-order valence-electron chi connectivity index (χ3n) is 5.12. The molecule has 1 N–H and O–H groups in total. The van der Waals surface area contributed by atoms with Crippen molar-refractivity contribution in [1.82, 2.24) is 15.1 Å². The summed E-state index contributed by atoms with van der Waals surface area (Å²) in [6.07, 6.45) is 4.10. The summed E-state index contributed by atoms with van der Waals surface area (Å²) in [5.41, 5.74) is 0. The van der Waals surface area contributed by atoms with E-state index in [1.165, 1.54) is 19.4 Å². The number of likely N-dealkylation sites (tertiary alicyclic amines) is 1. The van der Waals surface area contributed by atoms with Gasteiger partial charge in [-0.05, 0) is 31.1 Å². The SMILES string of the molecule is CC(C)C1NC(C(C)C)N(C2CCN(C3CC3)C2)C1=O. The molecule has 20 heavy (non-hydrogen) atoms. The number of rotatable bonds is 4. The van der Waals surface area contributed by atoms with Crippen molar-refractivity contribution < 1.29 is 4.79 Å². The molecule has 2 saturated heterocycles. The minimum absolute atomic E-state index is 0.0115. The third kappa shape index (κ3) is 2.48. The van der Waals surface area contributed by atoms with Crippen molar-refractivity contribution in [1.29, 1.82) is 0 Å². The molecule has 1 saturated carbocycles. The molecule has 1 amide bonds. The summed E-state index contributed by atoms with van der Waals surface area (Å²) in [5, 5.41) is 3.58. The van der Waals surface area contributed by atoms with E-state index in [1.807, 2.05) is 0 Å². The van der Waals surface area contributed by atoms with Crippen LogP contribution in [-0.4, -0.2) is 53.1 Å². The van der Waals surface area contributed by atoms with E-state index in [4.69, 9.17) is 0 Å². The van der Waals surface area contributed by atoms with Crippen molar-refractivity contribution in [3.8, 4) is 0 Å². The molecular weight excluding hydrogens is 250 g/mol. The van der Waals surface area contributed by atoms with Gasteiger partial charge >= 0.3 is 0 Å². The number of hydrogen-bond donors (Lipinski definition) is 1. The molecule has 3 unspecified atom stereocenters. The van der Waals surface area contributed by atoms with Crippen LogP contribution in [0.15, 0.2) is 0 Å². The van der Waals surface area contributed by atoms with E-state index in [2.05, 4.69) is 42.8 Å². The van der Waals surface area contributed by atoms with Crippen LogP contribution in [0.4, 0.5) is 0 Å². The first-order chi connectivity index (χ1) is 9.49. The first kappa shape index (κ1) is 14.3. The number of nitrogens with zero attached hydrogens (tertiary/aromatic N) is 2. The van der Waals surface area contributed by atoms with E-state index in [0.29, 0.717) is 23.8 Å². The average molecular weight is 279 g/mol. The Morgan fingerprint density at radius 1 is 1.05 bits per heavy atom. The lowest BCUT2D eigenvalue weighted by atomic mass is 10.0. The topological polar surface area (TPSA) is 35.6 Å². The Bertz CT molecular complexity index is 378. The zero-order valence-corrected chi connectivity index (χ0v) is 13.3. The number of carbonyl (C=O) groups is 1. The van der Waals surface area contributed by atoms with Crippen LogP contribution in [0.1, 0.15) is 47.0 Å². The molecule has 0 aromatic rings. The molecule has 3 aliphatic rings. The Hall–Kier alpha value is -0.610. The lowest BCUT2D eigenvalue weighted by molar-refractivity contribution is -0.133. The first-order valence-corrected chi connectivity index (χ1v) is 8.31. The molecule has 3 rings (SSSR count). The van der Waals surface area contributed by atoms with Gasteiger partial charge in [-0.15, -0.1) is 0 Å². The summed E-state index contributed by atoms with van der Waals surface area (Å²) >= 11 is 0. The Morgan fingerprint density at radius 2 is 1.75 bits per heavy atom. The van der Waals surface area contributed by atoms with Crippen LogP contribution in [0.3, 0.4) is 0 Å². The fraction of sp³-hybridized carbons (Fsp3) is 0.938. The second kappa shape index (κ2) is 5.30. The van der Waals surface area contributed by atoms with Crippen LogP contribution in [0.2, 0.25) is 0 Å². The monoisotopic (exact) mass is 279 g/mol. The van der Waals surface area contributed by atoms with E-state index in [-0.39, 0.29) is 12.2 Å². The van der Waals surface area contributed by atoms with Crippen LogP contribution in [0, 0.1) is 11.8 Å². The van der Waals surface area contributed by atoms with Gasteiger partial charge in [0.25, 0.3) is 0 Å². The van der Waals surface area contributed by atoms with Crippen molar-refractivity contribution in [2.45, 2.75) is 71.2 Å². The maximum Gasteiger partial charge on any atom is 0.241 e. The summed E-state index contributed by atoms with van der Waals surface area (Å²) < 4.78 is 0. The van der Waals surface area contributed by atoms with Gasteiger partial charge in [-0.2, -0.15) is 0 Å². The standard InChI is InChI=1S/C16H29N3O/c1-10(2)14-16(20)19(15(17-14)11(3)4)13-7-8-18(9-13)12-5-6-12/h10-15,17H,5-9H2,1-4H3. The number of nitrogens with one attached hydrogen (secondary N) is 1. The largest absolute Gasteiger partial charge is 0.321 e. The highest BCUT2D eigenvalue weighted by atomic mass is 16.2. The summed E-state index contributed by atoms with van der Waals surface area (Å²) in [5.74, 6) is 1.17. The molecule has 2 aliphatic heterocycles. The second-order valence-corrected chi connectivity index (χ2v) is 7.49. The second-order valence-electron chi connectivity index (χ2n) is 7.49. The van der Waals surface area contributed by atoms with Gasteiger partial charge in [-0.3, -0.25) is 15.0 Å². The lowest BCUT2D eigenvalue weighted by Gasteiger charge is -2.32. The zero-order chi connectivity index (χ0) is 14.4. The van der Waals surface area contributed by atoms with Crippen LogP contribution in [0.5, 0.6) is 0 Å².